The third-order valence-electron chi connectivity index (χ3n) is 4.78. The molecular weight excluding hydrogens is 392 g/mol. The Balaban J connectivity index is 1.91. The normalized spacial score (nSPS) is 21.9. The molecule has 1 fully saturated rings. The number of ether oxygens (including phenoxy) is 1. The van der Waals surface area contributed by atoms with Crippen molar-refractivity contribution >= 4 is 17.1 Å². The Morgan fingerprint density at radius 1 is 1.31 bits per heavy atom. The Hall–Kier alpha value is -3.09. The molecule has 0 saturated carbocycles. The molecule has 10 nitrogen and oxygen atoms in total. The molecule has 0 unspecified atom stereocenters. The van der Waals surface area contributed by atoms with E-state index in [1.165, 1.54) is 6.07 Å². The zero-order chi connectivity index (χ0) is 20.9. The lowest BCUT2D eigenvalue weighted by Crippen LogP contribution is -2.32. The molecule has 29 heavy (non-hydrogen) atoms. The maximum absolute atomic E-state index is 13.6. The van der Waals surface area contributed by atoms with E-state index in [1.54, 1.807) is 0 Å². The van der Waals surface area contributed by atoms with Crippen molar-refractivity contribution in [2.24, 2.45) is 0 Å². The number of imidazole rings is 1. The zero-order valence-corrected chi connectivity index (χ0v) is 14.9. The summed E-state index contributed by atoms with van der Waals surface area (Å²) < 4.78 is 34.3. The maximum Gasteiger partial charge on any atom is 0.333 e. The molecule has 1 saturated heterocycles. The Kier molecular flexibility index (Phi) is 4.68. The molecular formula is C17H17F2N5O5. The van der Waals surface area contributed by atoms with Gasteiger partial charge in [-0.2, -0.15) is 4.98 Å². The van der Waals surface area contributed by atoms with Gasteiger partial charge in [0.05, 0.1) is 19.3 Å². The van der Waals surface area contributed by atoms with Gasteiger partial charge in [-0.15, -0.1) is 0 Å². The van der Waals surface area contributed by atoms with Crippen molar-refractivity contribution in [3.63, 3.8) is 0 Å². The van der Waals surface area contributed by atoms with Gasteiger partial charge in [0.15, 0.2) is 29.0 Å². The lowest BCUT2D eigenvalue weighted by Gasteiger charge is -2.15. The summed E-state index contributed by atoms with van der Waals surface area (Å²) in [7, 11) is 0. The highest BCUT2D eigenvalue weighted by Crippen LogP contribution is 2.29. The van der Waals surface area contributed by atoms with Crippen molar-refractivity contribution in [3.05, 3.63) is 56.2 Å². The van der Waals surface area contributed by atoms with Crippen molar-refractivity contribution in [1.82, 2.24) is 19.1 Å². The first-order chi connectivity index (χ1) is 13.8. The summed E-state index contributed by atoms with van der Waals surface area (Å²) in [6.07, 6.45) is -2.98. The number of aliphatic hydroxyl groups is 2. The van der Waals surface area contributed by atoms with Crippen molar-refractivity contribution in [1.29, 1.82) is 0 Å². The van der Waals surface area contributed by atoms with E-state index in [1.807, 2.05) is 0 Å². The third-order valence-corrected chi connectivity index (χ3v) is 4.78. The van der Waals surface area contributed by atoms with E-state index >= 15 is 0 Å². The monoisotopic (exact) mass is 409 g/mol. The molecule has 0 aliphatic carbocycles. The number of hydrogen-bond acceptors (Lipinski definition) is 7. The van der Waals surface area contributed by atoms with Crippen molar-refractivity contribution < 1.29 is 23.7 Å². The molecule has 0 bridgehead atoms. The minimum absolute atomic E-state index is 0.0716. The predicted molar refractivity (Wildman–Crippen MR) is 96.1 cm³/mol. The van der Waals surface area contributed by atoms with Gasteiger partial charge in [0.2, 0.25) is 5.95 Å². The lowest BCUT2D eigenvalue weighted by molar-refractivity contribution is -0.0505. The first-order valence-electron chi connectivity index (χ1n) is 8.69. The van der Waals surface area contributed by atoms with Gasteiger partial charge in [0, 0.05) is 6.42 Å². The average molecular weight is 409 g/mol. The van der Waals surface area contributed by atoms with Crippen molar-refractivity contribution in [2.45, 2.75) is 31.4 Å². The molecule has 0 amide bonds. The van der Waals surface area contributed by atoms with Crippen LogP contribution in [0.5, 0.6) is 0 Å². The Bertz CT molecular complexity index is 1200. The number of aromatic amines is 1. The van der Waals surface area contributed by atoms with E-state index in [0.29, 0.717) is 0 Å². The van der Waals surface area contributed by atoms with Crippen LogP contribution in [0.4, 0.5) is 14.7 Å². The fourth-order valence-corrected chi connectivity index (χ4v) is 3.48. The van der Waals surface area contributed by atoms with Crippen LogP contribution in [-0.2, 0) is 11.3 Å². The quantitative estimate of drug-likeness (QED) is 0.451. The van der Waals surface area contributed by atoms with E-state index < -0.39 is 41.3 Å². The topological polar surface area (TPSA) is 148 Å². The fraction of sp³-hybridized carbons (Fsp3) is 0.353. The molecule has 154 valence electrons. The van der Waals surface area contributed by atoms with Crippen LogP contribution in [0.15, 0.2) is 27.8 Å². The second-order valence-electron chi connectivity index (χ2n) is 6.74. The highest BCUT2D eigenvalue weighted by Gasteiger charge is 2.38. The Morgan fingerprint density at radius 3 is 2.72 bits per heavy atom. The summed E-state index contributed by atoms with van der Waals surface area (Å²) in [6.45, 7) is -0.633. The van der Waals surface area contributed by atoms with Gasteiger partial charge in [0.25, 0.3) is 5.56 Å². The summed E-state index contributed by atoms with van der Waals surface area (Å²) in [5, 5.41) is 19.6. The van der Waals surface area contributed by atoms with Crippen LogP contribution in [0.1, 0.15) is 18.2 Å². The second-order valence-corrected chi connectivity index (χ2v) is 6.74. The number of rotatable bonds is 4. The second kappa shape index (κ2) is 7.06. The van der Waals surface area contributed by atoms with Gasteiger partial charge in [-0.05, 0) is 17.7 Å². The predicted octanol–water partition coefficient (Wildman–Crippen LogP) is -0.564. The van der Waals surface area contributed by atoms with E-state index in [2.05, 4.69) is 9.97 Å². The molecule has 0 radical (unpaired) electrons. The minimum atomic E-state index is -1.21. The van der Waals surface area contributed by atoms with Gasteiger partial charge in [-0.1, -0.05) is 6.07 Å². The van der Waals surface area contributed by atoms with Gasteiger partial charge >= 0.3 is 5.69 Å². The van der Waals surface area contributed by atoms with Crippen LogP contribution in [0, 0.1) is 11.6 Å². The summed E-state index contributed by atoms with van der Waals surface area (Å²) in [4.78, 5) is 31.9. The molecule has 1 aromatic carbocycles. The summed E-state index contributed by atoms with van der Waals surface area (Å²) >= 11 is 0. The van der Waals surface area contributed by atoms with Gasteiger partial charge in [-0.3, -0.25) is 14.3 Å². The average Bonchev–Trinajstić information content (AvgIpc) is 3.15. The first-order valence-corrected chi connectivity index (χ1v) is 8.69. The van der Waals surface area contributed by atoms with Crippen LogP contribution in [0.25, 0.3) is 11.2 Å². The molecule has 12 heteroatoms. The number of aliphatic hydroxyl groups excluding tert-OH is 2. The minimum Gasteiger partial charge on any atom is -0.394 e. The maximum atomic E-state index is 13.6. The number of fused-ring (bicyclic) bond motifs is 1. The molecule has 1 aliphatic heterocycles. The van der Waals surface area contributed by atoms with Crippen LogP contribution in [0.3, 0.4) is 0 Å². The van der Waals surface area contributed by atoms with Crippen LogP contribution in [-0.4, -0.2) is 48.1 Å². The standard InChI is InChI=1S/C17H17F2N5O5/c18-9-2-1-7(3-10(9)19)5-23-12-13(21-16(20)22-14(12)27)24(17(23)28)15-11(26)4-8(6-25)29-15/h1-3,8,11,15,25-26H,4-6H2,(H3,20,21,22,27)/t8-,11+,15+/m0/s1. The SMILES string of the molecule is Nc1nc2c(c(=O)[nH]1)n(Cc1ccc(F)c(F)c1)c(=O)n2[C@@H]1O[C@H](CO)C[C@H]1O. The number of nitrogens with two attached hydrogens (primary N) is 1. The Labute approximate surface area is 160 Å². The summed E-state index contributed by atoms with van der Waals surface area (Å²) in [6, 6.07) is 3.09. The van der Waals surface area contributed by atoms with Crippen LogP contribution in [0.2, 0.25) is 0 Å². The smallest absolute Gasteiger partial charge is 0.333 e. The van der Waals surface area contributed by atoms with E-state index in [4.69, 9.17) is 10.5 Å². The number of hydrogen-bond donors (Lipinski definition) is 4. The van der Waals surface area contributed by atoms with E-state index in [-0.39, 0.29) is 42.2 Å². The number of nitrogen functional groups attached to an aromatic ring is 1. The van der Waals surface area contributed by atoms with Gasteiger partial charge < -0.3 is 20.7 Å². The number of nitrogens with one attached hydrogen (secondary N) is 1. The molecule has 5 N–H and O–H groups in total. The molecule has 3 atom stereocenters. The van der Waals surface area contributed by atoms with Crippen molar-refractivity contribution in [2.75, 3.05) is 12.3 Å². The molecule has 2 aromatic heterocycles. The summed E-state index contributed by atoms with van der Waals surface area (Å²) in [5.74, 6) is -2.41. The highest BCUT2D eigenvalue weighted by atomic mass is 19.2. The number of H-pyrrole nitrogens is 1. The first kappa shape index (κ1) is 19.2. The van der Waals surface area contributed by atoms with Crippen LogP contribution < -0.4 is 17.0 Å². The molecule has 3 aromatic rings. The van der Waals surface area contributed by atoms with Gasteiger partial charge in [-0.25, -0.2) is 18.1 Å². The zero-order valence-electron chi connectivity index (χ0n) is 14.9. The molecule has 3 heterocycles. The molecule has 4 rings (SSSR count). The fourth-order valence-electron chi connectivity index (χ4n) is 3.48. The largest absolute Gasteiger partial charge is 0.394 e. The molecule has 0 spiro atoms. The number of nitrogens with zero attached hydrogens (tertiary/aromatic N) is 3. The number of anilines is 1. The van der Waals surface area contributed by atoms with Crippen LogP contribution >= 0.6 is 0 Å². The van der Waals surface area contributed by atoms with Gasteiger partial charge in [0.1, 0.15) is 6.10 Å². The van der Waals surface area contributed by atoms with E-state index in [9.17, 15) is 28.6 Å². The number of aromatic nitrogens is 4. The number of halogens is 2. The highest BCUT2D eigenvalue weighted by molar-refractivity contribution is 5.72. The van der Waals surface area contributed by atoms with E-state index in [0.717, 1.165) is 21.3 Å². The number of benzene rings is 1. The lowest BCUT2D eigenvalue weighted by atomic mass is 10.2. The summed E-state index contributed by atoms with van der Waals surface area (Å²) in [5.41, 5.74) is 4.03. The molecule has 1 aliphatic rings. The Morgan fingerprint density at radius 2 is 2.07 bits per heavy atom. The third kappa shape index (κ3) is 3.20. The van der Waals surface area contributed by atoms with Crippen molar-refractivity contribution in [3.8, 4) is 0 Å².